The smallest absolute Gasteiger partial charge is 0.164 e. The van der Waals surface area contributed by atoms with Crippen LogP contribution in [0.15, 0.2) is 28.8 Å². The van der Waals surface area contributed by atoms with Gasteiger partial charge in [-0.05, 0) is 32.9 Å². The molecule has 0 N–H and O–H groups in total. The zero-order chi connectivity index (χ0) is 15.7. The molecule has 6 nitrogen and oxygen atoms in total. The monoisotopic (exact) mass is 293 g/mol. The van der Waals surface area contributed by atoms with Crippen molar-refractivity contribution in [2.75, 3.05) is 0 Å². The lowest BCUT2D eigenvalue weighted by Gasteiger charge is -2.08. The Labute approximate surface area is 128 Å². The van der Waals surface area contributed by atoms with Crippen molar-refractivity contribution < 1.29 is 4.52 Å². The quantitative estimate of drug-likeness (QED) is 0.741. The topological polar surface area (TPSA) is 80.5 Å². The molecule has 0 fully saturated rings. The third-order valence-corrected chi connectivity index (χ3v) is 3.68. The Hall–Kier alpha value is -2.94. The van der Waals surface area contributed by atoms with Gasteiger partial charge in [0.25, 0.3) is 0 Å². The summed E-state index contributed by atoms with van der Waals surface area (Å²) >= 11 is 0. The zero-order valence-corrected chi connectivity index (χ0v) is 12.7. The molecule has 110 valence electrons. The summed E-state index contributed by atoms with van der Waals surface area (Å²) in [7, 11) is 0. The second-order valence-corrected chi connectivity index (χ2v) is 5.15. The van der Waals surface area contributed by atoms with Gasteiger partial charge in [-0.1, -0.05) is 17.3 Å². The van der Waals surface area contributed by atoms with Crippen molar-refractivity contribution in [3.05, 3.63) is 52.7 Å². The van der Waals surface area contributed by atoms with E-state index in [0.29, 0.717) is 12.1 Å². The Kier molecular flexibility index (Phi) is 3.47. The van der Waals surface area contributed by atoms with Crippen LogP contribution in [-0.4, -0.2) is 19.9 Å². The second kappa shape index (κ2) is 5.45. The average molecular weight is 293 g/mol. The molecule has 0 aliphatic rings. The number of benzene rings is 1. The Morgan fingerprint density at radius 1 is 1.23 bits per heavy atom. The number of nitriles is 1. The molecule has 2 heterocycles. The predicted octanol–water partition coefficient (Wildman–Crippen LogP) is 2.78. The molecule has 0 saturated carbocycles. The molecule has 6 heteroatoms. The molecule has 0 spiro atoms. The predicted molar refractivity (Wildman–Crippen MR) is 80.0 cm³/mol. The molecule has 0 aliphatic heterocycles. The zero-order valence-electron chi connectivity index (χ0n) is 12.7. The van der Waals surface area contributed by atoms with Crippen LogP contribution in [-0.2, 0) is 6.54 Å². The minimum Gasteiger partial charge on any atom is -0.361 e. The average Bonchev–Trinajstić information content (AvgIpc) is 3.05. The van der Waals surface area contributed by atoms with Crippen LogP contribution in [0.2, 0.25) is 0 Å². The fourth-order valence-corrected chi connectivity index (χ4v) is 2.40. The first kappa shape index (κ1) is 14.0. The molecule has 22 heavy (non-hydrogen) atoms. The van der Waals surface area contributed by atoms with Crippen LogP contribution in [0.4, 0.5) is 0 Å². The lowest BCUT2D eigenvalue weighted by Crippen LogP contribution is -2.06. The normalized spacial score (nSPS) is 10.6. The van der Waals surface area contributed by atoms with Crippen LogP contribution in [0.5, 0.6) is 0 Å². The van der Waals surface area contributed by atoms with Crippen molar-refractivity contribution in [2.45, 2.75) is 27.3 Å². The summed E-state index contributed by atoms with van der Waals surface area (Å²) in [5, 5.41) is 21.5. The molecular weight excluding hydrogens is 278 g/mol. The van der Waals surface area contributed by atoms with Crippen molar-refractivity contribution >= 4 is 0 Å². The van der Waals surface area contributed by atoms with Gasteiger partial charge in [-0.25, -0.2) is 0 Å². The Morgan fingerprint density at radius 3 is 2.73 bits per heavy atom. The molecule has 0 unspecified atom stereocenters. The van der Waals surface area contributed by atoms with E-state index in [-0.39, 0.29) is 0 Å². The van der Waals surface area contributed by atoms with Gasteiger partial charge in [-0.15, -0.1) is 10.2 Å². The maximum absolute atomic E-state index is 9.05. The first-order valence-corrected chi connectivity index (χ1v) is 6.92. The second-order valence-electron chi connectivity index (χ2n) is 5.15. The van der Waals surface area contributed by atoms with E-state index in [4.69, 9.17) is 9.78 Å². The largest absolute Gasteiger partial charge is 0.361 e. The number of aromatic nitrogens is 4. The summed E-state index contributed by atoms with van der Waals surface area (Å²) in [4.78, 5) is 0. The van der Waals surface area contributed by atoms with Crippen molar-refractivity contribution in [2.24, 2.45) is 0 Å². The highest BCUT2D eigenvalue weighted by molar-refractivity contribution is 5.58. The van der Waals surface area contributed by atoms with Crippen LogP contribution >= 0.6 is 0 Å². The maximum Gasteiger partial charge on any atom is 0.164 e. The summed E-state index contributed by atoms with van der Waals surface area (Å²) in [6, 6.07) is 9.50. The van der Waals surface area contributed by atoms with Gasteiger partial charge in [0.15, 0.2) is 5.82 Å². The Balaban J connectivity index is 2.06. The first-order valence-electron chi connectivity index (χ1n) is 6.92. The molecule has 0 bridgehead atoms. The van der Waals surface area contributed by atoms with Gasteiger partial charge < -0.3 is 9.09 Å². The van der Waals surface area contributed by atoms with Crippen molar-refractivity contribution in [3.8, 4) is 17.5 Å². The lowest BCUT2D eigenvalue weighted by atomic mass is 10.1. The van der Waals surface area contributed by atoms with E-state index in [1.165, 1.54) is 0 Å². The van der Waals surface area contributed by atoms with Gasteiger partial charge in [0, 0.05) is 11.1 Å². The molecule has 1 aromatic carbocycles. The third-order valence-electron chi connectivity index (χ3n) is 3.68. The summed E-state index contributed by atoms with van der Waals surface area (Å²) in [5.41, 5.74) is 3.36. The standard InChI is InChI=1S/C16H15N5O/c1-10-15(11(2)22-20-10)9-21-12(3)18-19-16(21)14-6-4-5-13(7-14)8-17/h4-7H,9H2,1-3H3. The van der Waals surface area contributed by atoms with E-state index in [2.05, 4.69) is 21.4 Å². The Morgan fingerprint density at radius 2 is 2.05 bits per heavy atom. The van der Waals surface area contributed by atoms with Crippen molar-refractivity contribution in [3.63, 3.8) is 0 Å². The molecular formula is C16H15N5O. The summed E-state index contributed by atoms with van der Waals surface area (Å²) < 4.78 is 7.22. The highest BCUT2D eigenvalue weighted by atomic mass is 16.5. The lowest BCUT2D eigenvalue weighted by molar-refractivity contribution is 0.392. The van der Waals surface area contributed by atoms with E-state index < -0.39 is 0 Å². The van der Waals surface area contributed by atoms with E-state index in [9.17, 15) is 0 Å². The summed E-state index contributed by atoms with van der Waals surface area (Å²) in [5.74, 6) is 2.33. The Bertz CT molecular complexity index is 850. The van der Waals surface area contributed by atoms with Gasteiger partial charge in [0.05, 0.1) is 23.9 Å². The molecule has 3 aromatic rings. The number of nitrogens with zero attached hydrogens (tertiary/aromatic N) is 5. The molecule has 0 amide bonds. The van der Waals surface area contributed by atoms with Crippen molar-refractivity contribution in [1.29, 1.82) is 5.26 Å². The van der Waals surface area contributed by atoms with Crippen LogP contribution < -0.4 is 0 Å². The fourth-order valence-electron chi connectivity index (χ4n) is 2.40. The molecule has 3 rings (SSSR count). The minimum atomic E-state index is 0.589. The van der Waals surface area contributed by atoms with Gasteiger partial charge >= 0.3 is 0 Å². The van der Waals surface area contributed by atoms with Gasteiger partial charge in [0.1, 0.15) is 11.6 Å². The van der Waals surface area contributed by atoms with Crippen LogP contribution in [0.1, 0.15) is 28.4 Å². The summed E-state index contributed by atoms with van der Waals surface area (Å²) in [6.07, 6.45) is 0. The van der Waals surface area contributed by atoms with Crippen LogP contribution in [0, 0.1) is 32.1 Å². The minimum absolute atomic E-state index is 0.589. The van der Waals surface area contributed by atoms with Crippen LogP contribution in [0.3, 0.4) is 0 Å². The molecule has 0 aliphatic carbocycles. The molecule has 0 atom stereocenters. The number of hydrogen-bond acceptors (Lipinski definition) is 5. The number of aryl methyl sites for hydroxylation is 3. The first-order chi connectivity index (χ1) is 10.6. The van der Waals surface area contributed by atoms with E-state index in [1.807, 2.05) is 43.5 Å². The van der Waals surface area contributed by atoms with E-state index >= 15 is 0 Å². The summed E-state index contributed by atoms with van der Waals surface area (Å²) in [6.45, 7) is 6.31. The third kappa shape index (κ3) is 2.37. The van der Waals surface area contributed by atoms with Gasteiger partial charge in [-0.2, -0.15) is 5.26 Å². The van der Waals surface area contributed by atoms with Crippen LogP contribution in [0.25, 0.3) is 11.4 Å². The fraction of sp³-hybridized carbons (Fsp3) is 0.250. The van der Waals surface area contributed by atoms with Gasteiger partial charge in [0.2, 0.25) is 0 Å². The SMILES string of the molecule is Cc1noc(C)c1Cn1c(C)nnc1-c1cccc(C#N)c1. The highest BCUT2D eigenvalue weighted by Crippen LogP contribution is 2.22. The number of hydrogen-bond donors (Lipinski definition) is 0. The van der Waals surface area contributed by atoms with Crippen molar-refractivity contribution in [1.82, 2.24) is 19.9 Å². The maximum atomic E-state index is 9.05. The van der Waals surface area contributed by atoms with E-state index in [1.54, 1.807) is 6.07 Å². The highest BCUT2D eigenvalue weighted by Gasteiger charge is 2.16. The number of rotatable bonds is 3. The van der Waals surface area contributed by atoms with Gasteiger partial charge in [-0.3, -0.25) is 0 Å². The molecule has 0 saturated heterocycles. The molecule has 2 aromatic heterocycles. The molecule has 0 radical (unpaired) electrons. The van der Waals surface area contributed by atoms with E-state index in [0.717, 1.165) is 34.2 Å².